The van der Waals surface area contributed by atoms with E-state index in [9.17, 15) is 0 Å². The van der Waals surface area contributed by atoms with Crippen LogP contribution in [0.3, 0.4) is 0 Å². The van der Waals surface area contributed by atoms with Crippen LogP contribution in [0.15, 0.2) is 42.5 Å². The second-order valence-electron chi connectivity index (χ2n) is 6.57. The molecule has 0 unspecified atom stereocenters. The minimum Gasteiger partial charge on any atom is -0.369 e. The molecule has 0 aliphatic carbocycles. The number of rotatable bonds is 3. The Morgan fingerprint density at radius 3 is 2.48 bits per heavy atom. The van der Waals surface area contributed by atoms with E-state index in [1.54, 1.807) is 0 Å². The van der Waals surface area contributed by atoms with Gasteiger partial charge in [-0.2, -0.15) is 5.10 Å². The van der Waals surface area contributed by atoms with E-state index in [4.69, 9.17) is 28.3 Å². The Labute approximate surface area is 157 Å². The number of anilines is 1. The minimum atomic E-state index is 0.407. The van der Waals surface area contributed by atoms with Crippen LogP contribution in [0.2, 0.25) is 10.0 Å². The third-order valence-corrected chi connectivity index (χ3v) is 5.27. The second-order valence-corrected chi connectivity index (χ2v) is 7.39. The Morgan fingerprint density at radius 2 is 1.76 bits per heavy atom. The molecule has 1 aliphatic rings. The molecule has 3 aromatic rings. The topological polar surface area (TPSA) is 29.9 Å². The first-order valence-corrected chi connectivity index (χ1v) is 9.23. The molecule has 1 aliphatic heterocycles. The van der Waals surface area contributed by atoms with Crippen LogP contribution in [0.5, 0.6) is 0 Å². The monoisotopic (exact) mass is 371 g/mol. The van der Waals surface area contributed by atoms with Gasteiger partial charge in [0.1, 0.15) is 11.5 Å². The van der Waals surface area contributed by atoms with E-state index in [1.165, 1.54) is 11.1 Å². The molecule has 1 N–H and O–H groups in total. The van der Waals surface area contributed by atoms with E-state index in [0.29, 0.717) is 16.0 Å². The lowest BCUT2D eigenvalue weighted by Crippen LogP contribution is -2.07. The summed E-state index contributed by atoms with van der Waals surface area (Å²) in [5, 5.41) is 9.66. The molecule has 0 atom stereocenters. The van der Waals surface area contributed by atoms with Crippen LogP contribution in [-0.4, -0.2) is 16.3 Å². The Bertz CT molecular complexity index is 924. The predicted octanol–water partition coefficient (Wildman–Crippen LogP) is 5.94. The first kappa shape index (κ1) is 16.5. The van der Waals surface area contributed by atoms with Crippen LogP contribution < -0.4 is 5.32 Å². The third-order valence-electron chi connectivity index (χ3n) is 4.64. The van der Waals surface area contributed by atoms with Gasteiger partial charge in [0.25, 0.3) is 0 Å². The molecule has 0 saturated heterocycles. The van der Waals surface area contributed by atoms with Crippen molar-refractivity contribution in [1.82, 2.24) is 9.78 Å². The van der Waals surface area contributed by atoms with Gasteiger partial charge < -0.3 is 5.32 Å². The van der Waals surface area contributed by atoms with Crippen molar-refractivity contribution >= 4 is 29.0 Å². The summed E-state index contributed by atoms with van der Waals surface area (Å²) in [5.74, 6) is 1.45. The van der Waals surface area contributed by atoms with E-state index in [-0.39, 0.29) is 0 Å². The van der Waals surface area contributed by atoms with Crippen LogP contribution in [0, 0.1) is 0 Å². The summed E-state index contributed by atoms with van der Waals surface area (Å²) in [6, 6.07) is 14.0. The van der Waals surface area contributed by atoms with Gasteiger partial charge in [-0.05, 0) is 36.1 Å². The molecule has 0 radical (unpaired) electrons. The Hall–Kier alpha value is -1.97. The SMILES string of the molecule is CC(C)c1ccccc1-n1nc(-c2c(Cl)cccc2Cl)c2c1NCC2. The molecule has 2 aromatic carbocycles. The zero-order valence-electron chi connectivity index (χ0n) is 14.2. The highest BCUT2D eigenvalue weighted by Crippen LogP contribution is 2.41. The minimum absolute atomic E-state index is 0.407. The number of hydrogen-bond donors (Lipinski definition) is 1. The zero-order valence-corrected chi connectivity index (χ0v) is 15.7. The molecule has 0 amide bonds. The number of benzene rings is 2. The van der Waals surface area contributed by atoms with Crippen molar-refractivity contribution in [1.29, 1.82) is 0 Å². The van der Waals surface area contributed by atoms with Gasteiger partial charge in [0.05, 0.1) is 15.7 Å². The fourth-order valence-corrected chi connectivity index (χ4v) is 4.02. The lowest BCUT2D eigenvalue weighted by molar-refractivity contribution is 0.812. The highest BCUT2D eigenvalue weighted by molar-refractivity contribution is 6.39. The van der Waals surface area contributed by atoms with Crippen LogP contribution in [0.4, 0.5) is 5.82 Å². The van der Waals surface area contributed by atoms with Crippen LogP contribution in [0.1, 0.15) is 30.9 Å². The molecule has 1 aromatic heterocycles. The van der Waals surface area contributed by atoms with Crippen LogP contribution in [-0.2, 0) is 6.42 Å². The van der Waals surface area contributed by atoms with E-state index >= 15 is 0 Å². The summed E-state index contributed by atoms with van der Waals surface area (Å²) in [5.41, 5.74) is 5.21. The highest BCUT2D eigenvalue weighted by Gasteiger charge is 2.27. The molecule has 0 fully saturated rings. The number of fused-ring (bicyclic) bond motifs is 1. The molecular weight excluding hydrogens is 353 g/mol. The molecule has 4 rings (SSSR count). The average molecular weight is 372 g/mol. The van der Waals surface area contributed by atoms with Gasteiger partial charge in [-0.25, -0.2) is 4.68 Å². The van der Waals surface area contributed by atoms with Gasteiger partial charge in [0.15, 0.2) is 0 Å². The van der Waals surface area contributed by atoms with E-state index in [2.05, 4.69) is 37.4 Å². The van der Waals surface area contributed by atoms with E-state index in [1.807, 2.05) is 28.9 Å². The standard InChI is InChI=1S/C20H19Cl2N3/c1-12(2)13-6-3-4-9-17(13)25-20-14(10-11-23-20)19(24-25)18-15(21)7-5-8-16(18)22/h3-9,12,23H,10-11H2,1-2H3. The Morgan fingerprint density at radius 1 is 1.04 bits per heavy atom. The lowest BCUT2D eigenvalue weighted by Gasteiger charge is -2.14. The number of aromatic nitrogens is 2. The van der Waals surface area contributed by atoms with Crippen molar-refractivity contribution < 1.29 is 0 Å². The normalized spacial score (nSPS) is 13.2. The molecule has 3 nitrogen and oxygen atoms in total. The number of para-hydroxylation sites is 1. The van der Waals surface area contributed by atoms with Gasteiger partial charge >= 0.3 is 0 Å². The van der Waals surface area contributed by atoms with Gasteiger partial charge in [-0.1, -0.05) is 61.3 Å². The second kappa shape index (κ2) is 6.40. The lowest BCUT2D eigenvalue weighted by atomic mass is 10.0. The first-order chi connectivity index (χ1) is 12.1. The largest absolute Gasteiger partial charge is 0.369 e. The summed E-state index contributed by atoms with van der Waals surface area (Å²) in [7, 11) is 0. The first-order valence-electron chi connectivity index (χ1n) is 8.47. The molecule has 2 heterocycles. The Kier molecular flexibility index (Phi) is 4.22. The summed E-state index contributed by atoms with van der Waals surface area (Å²) in [6.07, 6.45) is 0.913. The van der Waals surface area contributed by atoms with Crippen molar-refractivity contribution in [3.05, 3.63) is 63.6 Å². The average Bonchev–Trinajstić information content (AvgIpc) is 3.18. The molecule has 128 valence electrons. The molecule has 0 spiro atoms. The van der Waals surface area contributed by atoms with Crippen molar-refractivity contribution in [2.24, 2.45) is 0 Å². The fraction of sp³-hybridized carbons (Fsp3) is 0.250. The number of nitrogens with zero attached hydrogens (tertiary/aromatic N) is 2. The number of hydrogen-bond acceptors (Lipinski definition) is 2. The summed E-state index contributed by atoms with van der Waals surface area (Å²) in [4.78, 5) is 0. The van der Waals surface area contributed by atoms with Gasteiger partial charge in [-0.15, -0.1) is 0 Å². The third kappa shape index (κ3) is 2.72. The number of halogens is 2. The molecule has 0 saturated carbocycles. The highest BCUT2D eigenvalue weighted by atomic mass is 35.5. The maximum absolute atomic E-state index is 6.45. The smallest absolute Gasteiger partial charge is 0.133 e. The van der Waals surface area contributed by atoms with E-state index in [0.717, 1.165) is 35.7 Å². The predicted molar refractivity (Wildman–Crippen MR) is 105 cm³/mol. The van der Waals surface area contributed by atoms with Gasteiger partial charge in [0.2, 0.25) is 0 Å². The summed E-state index contributed by atoms with van der Waals surface area (Å²) < 4.78 is 2.01. The van der Waals surface area contributed by atoms with Crippen LogP contribution >= 0.6 is 23.2 Å². The van der Waals surface area contributed by atoms with Crippen LogP contribution in [0.25, 0.3) is 16.9 Å². The molecule has 0 bridgehead atoms. The maximum atomic E-state index is 6.45. The van der Waals surface area contributed by atoms with Crippen molar-refractivity contribution in [3.63, 3.8) is 0 Å². The molecular formula is C20H19Cl2N3. The van der Waals surface area contributed by atoms with E-state index < -0.39 is 0 Å². The van der Waals surface area contributed by atoms with Crippen molar-refractivity contribution in [3.8, 4) is 16.9 Å². The summed E-state index contributed by atoms with van der Waals surface area (Å²) >= 11 is 12.9. The summed E-state index contributed by atoms with van der Waals surface area (Å²) in [6.45, 7) is 5.29. The van der Waals surface area contributed by atoms with Crippen molar-refractivity contribution in [2.75, 3.05) is 11.9 Å². The quantitative estimate of drug-likeness (QED) is 0.617. The maximum Gasteiger partial charge on any atom is 0.133 e. The molecule has 5 heteroatoms. The zero-order chi connectivity index (χ0) is 17.6. The fourth-order valence-electron chi connectivity index (χ4n) is 3.44. The number of nitrogens with one attached hydrogen (secondary N) is 1. The van der Waals surface area contributed by atoms with Crippen molar-refractivity contribution in [2.45, 2.75) is 26.2 Å². The van der Waals surface area contributed by atoms with Gasteiger partial charge in [0, 0.05) is 17.7 Å². The Balaban J connectivity index is 1.97. The van der Waals surface area contributed by atoms with Gasteiger partial charge in [-0.3, -0.25) is 0 Å². The molecule has 25 heavy (non-hydrogen) atoms.